The third-order valence-electron chi connectivity index (χ3n) is 2.44. The molecule has 1 heterocycles. The van der Waals surface area contributed by atoms with Crippen LogP contribution >= 0.6 is 0 Å². The zero-order valence-corrected chi connectivity index (χ0v) is 11.0. The summed E-state index contributed by atoms with van der Waals surface area (Å²) < 4.78 is 5.02. The van der Waals surface area contributed by atoms with Gasteiger partial charge in [-0.1, -0.05) is 13.3 Å². The van der Waals surface area contributed by atoms with Crippen LogP contribution < -0.4 is 10.6 Å². The summed E-state index contributed by atoms with van der Waals surface area (Å²) in [6.45, 7) is 4.53. The lowest BCUT2D eigenvalue weighted by Gasteiger charge is -2.10. The first kappa shape index (κ1) is 13.9. The molecule has 4 heteroatoms. The van der Waals surface area contributed by atoms with Crippen LogP contribution in [0.3, 0.4) is 0 Å². The van der Waals surface area contributed by atoms with Crippen LogP contribution in [0, 0.1) is 0 Å². The molecule has 0 saturated carbocycles. The summed E-state index contributed by atoms with van der Waals surface area (Å²) in [7, 11) is 3.66. The van der Waals surface area contributed by atoms with Gasteiger partial charge in [0, 0.05) is 25.9 Å². The number of hydrogen-bond donors (Lipinski definition) is 2. The van der Waals surface area contributed by atoms with Crippen molar-refractivity contribution in [3.63, 3.8) is 0 Å². The molecule has 0 aliphatic heterocycles. The van der Waals surface area contributed by atoms with Crippen LogP contribution in [0.15, 0.2) is 12.1 Å². The maximum absolute atomic E-state index is 5.02. The molecule has 1 aromatic heterocycles. The van der Waals surface area contributed by atoms with Crippen LogP contribution in [-0.4, -0.2) is 32.3 Å². The summed E-state index contributed by atoms with van der Waals surface area (Å²) >= 11 is 0. The predicted molar refractivity (Wildman–Crippen MR) is 71.4 cm³/mol. The van der Waals surface area contributed by atoms with E-state index < -0.39 is 0 Å². The largest absolute Gasteiger partial charge is 0.383 e. The van der Waals surface area contributed by atoms with Crippen molar-refractivity contribution in [1.29, 1.82) is 0 Å². The Morgan fingerprint density at radius 2 is 2.18 bits per heavy atom. The Balaban J connectivity index is 2.72. The van der Waals surface area contributed by atoms with Crippen molar-refractivity contribution in [2.75, 3.05) is 32.6 Å². The van der Waals surface area contributed by atoms with E-state index in [0.717, 1.165) is 37.4 Å². The molecule has 0 atom stereocenters. The van der Waals surface area contributed by atoms with Crippen LogP contribution in [0.1, 0.15) is 24.6 Å². The zero-order chi connectivity index (χ0) is 12.5. The standard InChI is InChI=1S/C13H23N3O/c1-4-5-12-8-11(10-14-2)9-13(16-12)15-6-7-17-3/h8-9,14H,4-7,10H2,1-3H3,(H,15,16). The number of methoxy groups -OCH3 is 1. The maximum atomic E-state index is 5.02. The number of aryl methyl sites for hydroxylation is 1. The smallest absolute Gasteiger partial charge is 0.126 e. The Morgan fingerprint density at radius 1 is 1.35 bits per heavy atom. The maximum Gasteiger partial charge on any atom is 0.126 e. The first-order chi connectivity index (χ1) is 8.30. The molecule has 0 aromatic carbocycles. The Kier molecular flexibility index (Phi) is 6.58. The van der Waals surface area contributed by atoms with Gasteiger partial charge in [-0.05, 0) is 31.2 Å². The van der Waals surface area contributed by atoms with Crippen LogP contribution in [-0.2, 0) is 17.7 Å². The lowest BCUT2D eigenvalue weighted by atomic mass is 10.1. The third-order valence-corrected chi connectivity index (χ3v) is 2.44. The lowest BCUT2D eigenvalue weighted by molar-refractivity contribution is 0.210. The number of rotatable bonds is 8. The van der Waals surface area contributed by atoms with E-state index in [0.29, 0.717) is 6.61 Å². The average molecular weight is 237 g/mol. The molecule has 0 amide bonds. The highest BCUT2D eigenvalue weighted by Crippen LogP contribution is 2.12. The molecule has 0 fully saturated rings. The molecule has 1 aromatic rings. The number of nitrogens with zero attached hydrogens (tertiary/aromatic N) is 1. The van der Waals surface area contributed by atoms with Crippen LogP contribution in [0.5, 0.6) is 0 Å². The van der Waals surface area contributed by atoms with Crippen LogP contribution in [0.4, 0.5) is 5.82 Å². The summed E-state index contributed by atoms with van der Waals surface area (Å²) in [5.74, 6) is 0.943. The number of aromatic nitrogens is 1. The average Bonchev–Trinajstić information content (AvgIpc) is 2.30. The van der Waals surface area contributed by atoms with Gasteiger partial charge in [0.1, 0.15) is 5.82 Å². The van der Waals surface area contributed by atoms with E-state index in [1.165, 1.54) is 5.56 Å². The molecule has 0 radical (unpaired) electrons. The van der Waals surface area contributed by atoms with Crippen LogP contribution in [0.2, 0.25) is 0 Å². The molecule has 0 aliphatic rings. The lowest BCUT2D eigenvalue weighted by Crippen LogP contribution is -2.11. The normalized spacial score (nSPS) is 10.5. The van der Waals surface area contributed by atoms with E-state index >= 15 is 0 Å². The quantitative estimate of drug-likeness (QED) is 0.677. The van der Waals surface area contributed by atoms with Crippen molar-refractivity contribution < 1.29 is 4.74 Å². The monoisotopic (exact) mass is 237 g/mol. The molecule has 0 bridgehead atoms. The van der Waals surface area contributed by atoms with E-state index in [1.54, 1.807) is 7.11 Å². The molecule has 0 spiro atoms. The summed E-state index contributed by atoms with van der Waals surface area (Å²) in [5, 5.41) is 6.45. The van der Waals surface area contributed by atoms with Gasteiger partial charge in [-0.25, -0.2) is 4.98 Å². The molecule has 4 nitrogen and oxygen atoms in total. The number of anilines is 1. The fourth-order valence-corrected chi connectivity index (χ4v) is 1.71. The Hall–Kier alpha value is -1.13. The minimum atomic E-state index is 0.695. The first-order valence-corrected chi connectivity index (χ1v) is 6.17. The molecular formula is C13H23N3O. The second kappa shape index (κ2) is 8.03. The summed E-state index contributed by atoms with van der Waals surface area (Å²) in [5.41, 5.74) is 2.42. The summed E-state index contributed by atoms with van der Waals surface area (Å²) in [4.78, 5) is 4.58. The number of pyridine rings is 1. The zero-order valence-electron chi connectivity index (χ0n) is 11.0. The molecular weight excluding hydrogens is 214 g/mol. The molecule has 0 saturated heterocycles. The molecule has 2 N–H and O–H groups in total. The van der Waals surface area contributed by atoms with Gasteiger partial charge in [0.15, 0.2) is 0 Å². The van der Waals surface area contributed by atoms with E-state index in [-0.39, 0.29) is 0 Å². The second-order valence-electron chi connectivity index (χ2n) is 4.05. The van der Waals surface area contributed by atoms with Gasteiger partial charge in [-0.3, -0.25) is 0 Å². The van der Waals surface area contributed by atoms with E-state index in [2.05, 4.69) is 34.7 Å². The van der Waals surface area contributed by atoms with Gasteiger partial charge in [-0.2, -0.15) is 0 Å². The SMILES string of the molecule is CCCc1cc(CNC)cc(NCCOC)n1. The van der Waals surface area contributed by atoms with Crippen molar-refractivity contribution in [2.24, 2.45) is 0 Å². The summed E-state index contributed by atoms with van der Waals surface area (Å²) in [6.07, 6.45) is 2.14. The number of ether oxygens (including phenoxy) is 1. The minimum absolute atomic E-state index is 0.695. The van der Waals surface area contributed by atoms with Gasteiger partial charge >= 0.3 is 0 Å². The number of hydrogen-bond acceptors (Lipinski definition) is 4. The van der Waals surface area contributed by atoms with Crippen molar-refractivity contribution >= 4 is 5.82 Å². The van der Waals surface area contributed by atoms with E-state index in [4.69, 9.17) is 4.74 Å². The van der Waals surface area contributed by atoms with Crippen molar-refractivity contribution in [2.45, 2.75) is 26.3 Å². The molecule has 96 valence electrons. The Morgan fingerprint density at radius 3 is 2.82 bits per heavy atom. The highest BCUT2D eigenvalue weighted by Gasteiger charge is 2.02. The van der Waals surface area contributed by atoms with E-state index in [9.17, 15) is 0 Å². The van der Waals surface area contributed by atoms with Crippen molar-refractivity contribution in [1.82, 2.24) is 10.3 Å². The van der Waals surface area contributed by atoms with E-state index in [1.807, 2.05) is 7.05 Å². The third kappa shape index (κ3) is 5.15. The minimum Gasteiger partial charge on any atom is -0.383 e. The van der Waals surface area contributed by atoms with Gasteiger partial charge in [0.2, 0.25) is 0 Å². The Labute approximate surface area is 104 Å². The first-order valence-electron chi connectivity index (χ1n) is 6.17. The Bertz CT molecular complexity index is 304. The van der Waals surface area contributed by atoms with Crippen molar-refractivity contribution in [3.8, 4) is 0 Å². The topological polar surface area (TPSA) is 46.2 Å². The highest BCUT2D eigenvalue weighted by molar-refractivity contribution is 5.39. The van der Waals surface area contributed by atoms with Crippen LogP contribution in [0.25, 0.3) is 0 Å². The van der Waals surface area contributed by atoms with Crippen molar-refractivity contribution in [3.05, 3.63) is 23.4 Å². The second-order valence-corrected chi connectivity index (χ2v) is 4.05. The van der Waals surface area contributed by atoms with Gasteiger partial charge < -0.3 is 15.4 Å². The molecule has 0 unspecified atom stereocenters. The number of nitrogens with one attached hydrogen (secondary N) is 2. The molecule has 17 heavy (non-hydrogen) atoms. The van der Waals surface area contributed by atoms with Gasteiger partial charge in [0.05, 0.1) is 6.61 Å². The highest BCUT2D eigenvalue weighted by atomic mass is 16.5. The predicted octanol–water partition coefficient (Wildman–Crippen LogP) is 1.81. The fraction of sp³-hybridized carbons (Fsp3) is 0.615. The molecule has 0 aliphatic carbocycles. The van der Waals surface area contributed by atoms with Gasteiger partial charge in [-0.15, -0.1) is 0 Å². The fourth-order valence-electron chi connectivity index (χ4n) is 1.71. The summed E-state index contributed by atoms with van der Waals surface area (Å²) in [6, 6.07) is 4.26. The molecule has 1 rings (SSSR count). The van der Waals surface area contributed by atoms with Gasteiger partial charge in [0.25, 0.3) is 0 Å².